The molecule has 3 heterocycles. The Labute approximate surface area is 124 Å². The number of fused-ring (bicyclic) bond motifs is 3. The highest BCUT2D eigenvalue weighted by atomic mass is 32.2. The summed E-state index contributed by atoms with van der Waals surface area (Å²) in [5.74, 6) is 0.114. The molecule has 110 valence electrons. The van der Waals surface area contributed by atoms with E-state index in [0.29, 0.717) is 11.4 Å². The zero-order chi connectivity index (χ0) is 14.6. The third-order valence-corrected chi connectivity index (χ3v) is 6.79. The minimum absolute atomic E-state index is 0.114. The van der Waals surface area contributed by atoms with Crippen LogP contribution in [0.1, 0.15) is 17.0 Å². The van der Waals surface area contributed by atoms with E-state index in [1.807, 2.05) is 37.6 Å². The van der Waals surface area contributed by atoms with Crippen molar-refractivity contribution in [2.45, 2.75) is 22.6 Å². The molecule has 0 radical (unpaired) electrons. The predicted molar refractivity (Wildman–Crippen MR) is 78.6 cm³/mol. The quantitative estimate of drug-likeness (QED) is 0.836. The van der Waals surface area contributed by atoms with E-state index in [4.69, 9.17) is 0 Å². The first kappa shape index (κ1) is 13.0. The summed E-state index contributed by atoms with van der Waals surface area (Å²) in [5, 5.41) is 3.88. The molecule has 2 atom stereocenters. The van der Waals surface area contributed by atoms with Crippen LogP contribution in [-0.2, 0) is 23.4 Å². The maximum absolute atomic E-state index is 12.6. The number of rotatable bonds is 2. The molecule has 1 aromatic carbocycles. The molecule has 5 nitrogen and oxygen atoms in total. The molecule has 2 aliphatic heterocycles. The normalized spacial score (nSPS) is 26.7. The average molecular weight is 303 g/mol. The number of aryl methyl sites for hydroxylation is 1. The van der Waals surface area contributed by atoms with Crippen molar-refractivity contribution in [1.82, 2.24) is 14.7 Å². The van der Waals surface area contributed by atoms with Crippen LogP contribution in [0.15, 0.2) is 41.6 Å². The summed E-state index contributed by atoms with van der Waals surface area (Å²) in [6.07, 6.45) is 3.83. The van der Waals surface area contributed by atoms with Crippen LogP contribution in [0.25, 0.3) is 0 Å². The van der Waals surface area contributed by atoms with Gasteiger partial charge in [0, 0.05) is 44.4 Å². The Hall–Kier alpha value is -1.66. The third kappa shape index (κ3) is 1.93. The summed E-state index contributed by atoms with van der Waals surface area (Å²) in [6, 6.07) is 7.45. The second-order valence-electron chi connectivity index (χ2n) is 5.94. The van der Waals surface area contributed by atoms with Gasteiger partial charge in [-0.05, 0) is 11.6 Å². The topological polar surface area (TPSA) is 55.2 Å². The first-order valence-corrected chi connectivity index (χ1v) is 8.63. The van der Waals surface area contributed by atoms with Crippen LogP contribution in [0.4, 0.5) is 0 Å². The fourth-order valence-corrected chi connectivity index (χ4v) is 5.83. The van der Waals surface area contributed by atoms with Crippen LogP contribution in [-0.4, -0.2) is 41.4 Å². The van der Waals surface area contributed by atoms with Gasteiger partial charge in [-0.3, -0.25) is 9.58 Å². The van der Waals surface area contributed by atoms with Crippen molar-refractivity contribution in [2.24, 2.45) is 7.05 Å². The minimum atomic E-state index is -3.17. The standard InChI is InChI=1S/C15H17N3O2S/c1-17-7-11(6-16-17)8-18-9-13-12-4-2-3-5-14(12)21(19,20)15(13)10-18/h2-7,13,15H,8-10H2,1H3/t13-,15-/m1/s1. The molecule has 0 unspecified atom stereocenters. The molecule has 0 amide bonds. The van der Waals surface area contributed by atoms with Gasteiger partial charge in [-0.2, -0.15) is 5.10 Å². The van der Waals surface area contributed by atoms with E-state index < -0.39 is 9.84 Å². The molecular weight excluding hydrogens is 286 g/mol. The van der Waals surface area contributed by atoms with E-state index in [1.165, 1.54) is 0 Å². The summed E-state index contributed by atoms with van der Waals surface area (Å²) < 4.78 is 27.0. The van der Waals surface area contributed by atoms with Gasteiger partial charge in [-0.1, -0.05) is 18.2 Å². The van der Waals surface area contributed by atoms with Crippen molar-refractivity contribution in [3.63, 3.8) is 0 Å². The van der Waals surface area contributed by atoms with Crippen LogP contribution < -0.4 is 0 Å². The second-order valence-corrected chi connectivity index (χ2v) is 8.08. The highest BCUT2D eigenvalue weighted by molar-refractivity contribution is 7.92. The number of nitrogens with zero attached hydrogens (tertiary/aromatic N) is 3. The van der Waals surface area contributed by atoms with Crippen molar-refractivity contribution < 1.29 is 8.42 Å². The van der Waals surface area contributed by atoms with Gasteiger partial charge < -0.3 is 0 Å². The summed E-state index contributed by atoms with van der Waals surface area (Å²) in [5.41, 5.74) is 2.12. The molecule has 0 saturated carbocycles. The lowest BCUT2D eigenvalue weighted by Crippen LogP contribution is -2.25. The molecule has 0 spiro atoms. The van der Waals surface area contributed by atoms with Gasteiger partial charge in [0.05, 0.1) is 16.3 Å². The van der Waals surface area contributed by atoms with Crippen LogP contribution in [0.5, 0.6) is 0 Å². The molecule has 21 heavy (non-hydrogen) atoms. The molecule has 2 aliphatic rings. The van der Waals surface area contributed by atoms with Gasteiger partial charge >= 0.3 is 0 Å². The Morgan fingerprint density at radius 3 is 2.86 bits per heavy atom. The SMILES string of the molecule is Cn1cc(CN2C[C@@H]3c4ccccc4S(=O)(=O)[C@@H]3C2)cn1. The van der Waals surface area contributed by atoms with Crippen molar-refractivity contribution in [3.8, 4) is 0 Å². The van der Waals surface area contributed by atoms with E-state index in [9.17, 15) is 8.42 Å². The average Bonchev–Trinajstić information content (AvgIpc) is 3.10. The maximum atomic E-state index is 12.6. The minimum Gasteiger partial charge on any atom is -0.297 e. The first-order valence-electron chi connectivity index (χ1n) is 7.08. The Bertz CT molecular complexity index is 797. The Kier molecular flexibility index (Phi) is 2.74. The lowest BCUT2D eigenvalue weighted by molar-refractivity contribution is 0.325. The van der Waals surface area contributed by atoms with Crippen LogP contribution in [0, 0.1) is 0 Å². The Morgan fingerprint density at radius 2 is 2.10 bits per heavy atom. The highest BCUT2D eigenvalue weighted by Crippen LogP contribution is 2.44. The van der Waals surface area contributed by atoms with Gasteiger partial charge in [0.15, 0.2) is 9.84 Å². The van der Waals surface area contributed by atoms with Gasteiger partial charge in [0.2, 0.25) is 0 Å². The number of likely N-dealkylation sites (tertiary alicyclic amines) is 1. The molecular formula is C15H17N3O2S. The molecule has 6 heteroatoms. The molecule has 0 bridgehead atoms. The van der Waals surface area contributed by atoms with Crippen LogP contribution >= 0.6 is 0 Å². The zero-order valence-electron chi connectivity index (χ0n) is 11.8. The lowest BCUT2D eigenvalue weighted by Gasteiger charge is -2.16. The Morgan fingerprint density at radius 1 is 1.29 bits per heavy atom. The van der Waals surface area contributed by atoms with Gasteiger partial charge in [0.1, 0.15) is 0 Å². The third-order valence-electron chi connectivity index (χ3n) is 4.53. The fourth-order valence-electron chi connectivity index (χ4n) is 3.61. The first-order chi connectivity index (χ1) is 10.1. The van der Waals surface area contributed by atoms with E-state index in [0.717, 1.165) is 24.2 Å². The molecule has 0 N–H and O–H groups in total. The molecule has 0 aliphatic carbocycles. The van der Waals surface area contributed by atoms with Gasteiger partial charge in [-0.25, -0.2) is 8.42 Å². The van der Waals surface area contributed by atoms with Crippen molar-refractivity contribution in [1.29, 1.82) is 0 Å². The summed E-state index contributed by atoms with van der Waals surface area (Å²) in [6.45, 7) is 2.17. The molecule has 1 saturated heterocycles. The molecule has 1 aromatic heterocycles. The van der Waals surface area contributed by atoms with Crippen LogP contribution in [0.3, 0.4) is 0 Å². The smallest absolute Gasteiger partial charge is 0.183 e. The van der Waals surface area contributed by atoms with E-state index in [2.05, 4.69) is 10.00 Å². The lowest BCUT2D eigenvalue weighted by atomic mass is 9.99. The van der Waals surface area contributed by atoms with Crippen molar-refractivity contribution in [3.05, 3.63) is 47.8 Å². The maximum Gasteiger partial charge on any atom is 0.183 e. The summed E-state index contributed by atoms with van der Waals surface area (Å²) in [4.78, 5) is 2.76. The number of sulfone groups is 1. The molecule has 1 fully saturated rings. The molecule has 2 aromatic rings. The summed E-state index contributed by atoms with van der Waals surface area (Å²) >= 11 is 0. The zero-order valence-corrected chi connectivity index (χ0v) is 12.6. The number of benzene rings is 1. The monoisotopic (exact) mass is 303 g/mol. The van der Waals surface area contributed by atoms with Crippen molar-refractivity contribution in [2.75, 3.05) is 13.1 Å². The van der Waals surface area contributed by atoms with E-state index >= 15 is 0 Å². The highest BCUT2D eigenvalue weighted by Gasteiger charge is 2.49. The van der Waals surface area contributed by atoms with Gasteiger partial charge in [0.25, 0.3) is 0 Å². The molecule has 4 rings (SSSR count). The van der Waals surface area contributed by atoms with Crippen LogP contribution in [0.2, 0.25) is 0 Å². The largest absolute Gasteiger partial charge is 0.297 e. The second kappa shape index (κ2) is 4.42. The van der Waals surface area contributed by atoms with Gasteiger partial charge in [-0.15, -0.1) is 0 Å². The van der Waals surface area contributed by atoms with E-state index in [-0.39, 0.29) is 11.2 Å². The number of hydrogen-bond donors (Lipinski definition) is 0. The van der Waals surface area contributed by atoms with E-state index in [1.54, 1.807) is 10.7 Å². The Balaban J connectivity index is 1.62. The fraction of sp³-hybridized carbons (Fsp3) is 0.400. The number of hydrogen-bond acceptors (Lipinski definition) is 4. The predicted octanol–water partition coefficient (Wildman–Crippen LogP) is 1.18. The number of aromatic nitrogens is 2. The summed E-state index contributed by atoms with van der Waals surface area (Å²) in [7, 11) is -1.27. The van der Waals surface area contributed by atoms with Crippen molar-refractivity contribution >= 4 is 9.84 Å².